The highest BCUT2D eigenvalue weighted by molar-refractivity contribution is 5.53. The fourth-order valence-electron chi connectivity index (χ4n) is 1.05. The molecule has 0 aliphatic heterocycles. The minimum atomic E-state index is -0.912. The van der Waals surface area contributed by atoms with Crippen molar-refractivity contribution in [2.75, 3.05) is 0 Å². The van der Waals surface area contributed by atoms with E-state index in [0.29, 0.717) is 0 Å². The van der Waals surface area contributed by atoms with Gasteiger partial charge in [0.25, 0.3) is 0 Å². The highest BCUT2D eigenvalue weighted by atomic mass is 19.1. The highest BCUT2D eigenvalue weighted by Gasteiger charge is 2.22. The first kappa shape index (κ1) is 9.92. The zero-order valence-electron chi connectivity index (χ0n) is 6.90. The summed E-state index contributed by atoms with van der Waals surface area (Å²) in [4.78, 5) is 9.53. The molecule has 0 aromatic heterocycles. The van der Waals surface area contributed by atoms with Crippen LogP contribution < -0.4 is 0 Å². The van der Waals surface area contributed by atoms with Crippen LogP contribution in [0.15, 0.2) is 12.1 Å². The van der Waals surface area contributed by atoms with E-state index >= 15 is 0 Å². The third kappa shape index (κ3) is 1.61. The number of nitrogens with zero attached hydrogens (tertiary/aromatic N) is 2. The number of nitro groups is 1. The van der Waals surface area contributed by atoms with E-state index in [0.717, 1.165) is 12.1 Å². The molecule has 72 valence electrons. The Morgan fingerprint density at radius 1 is 1.64 bits per heavy atom. The maximum Gasteiger partial charge on any atom is 0.317 e. The van der Waals surface area contributed by atoms with Gasteiger partial charge in [0.05, 0.1) is 23.0 Å². The van der Waals surface area contributed by atoms with Crippen molar-refractivity contribution in [1.29, 1.82) is 5.26 Å². The number of halogens is 1. The van der Waals surface area contributed by atoms with E-state index in [2.05, 4.69) is 0 Å². The summed E-state index contributed by atoms with van der Waals surface area (Å²) in [6.07, 6.45) is -0.448. The summed E-state index contributed by atoms with van der Waals surface area (Å²) in [5.41, 5.74) is -1.14. The zero-order valence-corrected chi connectivity index (χ0v) is 6.90. The molecule has 0 saturated carbocycles. The summed E-state index contributed by atoms with van der Waals surface area (Å²) in [7, 11) is 0. The summed E-state index contributed by atoms with van der Waals surface area (Å²) in [6, 6.07) is 3.36. The predicted octanol–water partition coefficient (Wildman–Crippen LogP) is 1.51. The van der Waals surface area contributed by atoms with Crippen molar-refractivity contribution in [3.05, 3.63) is 33.6 Å². The van der Waals surface area contributed by atoms with Gasteiger partial charge in [0, 0.05) is 0 Å². The van der Waals surface area contributed by atoms with Crippen molar-refractivity contribution >= 4 is 5.69 Å². The van der Waals surface area contributed by atoms with Gasteiger partial charge in [0.2, 0.25) is 0 Å². The number of phenols is 1. The molecule has 6 heteroatoms. The van der Waals surface area contributed by atoms with E-state index in [9.17, 15) is 14.5 Å². The maximum atomic E-state index is 13.0. The second kappa shape index (κ2) is 3.70. The average molecular weight is 196 g/mol. The number of nitriles is 1. The Bertz CT molecular complexity index is 425. The molecule has 5 nitrogen and oxygen atoms in total. The van der Waals surface area contributed by atoms with E-state index in [1.165, 1.54) is 0 Å². The fraction of sp³-hybridized carbons (Fsp3) is 0.125. The Kier molecular flexibility index (Phi) is 2.62. The van der Waals surface area contributed by atoms with Crippen molar-refractivity contribution in [2.45, 2.75) is 6.42 Å². The largest absolute Gasteiger partial charge is 0.502 e. The fourth-order valence-corrected chi connectivity index (χ4v) is 1.05. The Labute approximate surface area is 78.2 Å². The Morgan fingerprint density at radius 2 is 2.29 bits per heavy atom. The van der Waals surface area contributed by atoms with Gasteiger partial charge >= 0.3 is 5.69 Å². The number of benzene rings is 1. The first-order valence-corrected chi connectivity index (χ1v) is 3.59. The molecule has 0 radical (unpaired) electrons. The van der Waals surface area contributed by atoms with Crippen molar-refractivity contribution in [3.63, 3.8) is 0 Å². The molecule has 1 N–H and O–H groups in total. The van der Waals surface area contributed by atoms with Crippen LogP contribution in [0.1, 0.15) is 5.56 Å². The molecule has 0 fully saturated rings. The van der Waals surface area contributed by atoms with Crippen LogP contribution in [0.2, 0.25) is 0 Å². The van der Waals surface area contributed by atoms with Gasteiger partial charge in [-0.05, 0) is 12.1 Å². The van der Waals surface area contributed by atoms with Crippen LogP contribution in [-0.2, 0) is 6.42 Å². The summed E-state index contributed by atoms with van der Waals surface area (Å²) < 4.78 is 13.0. The lowest BCUT2D eigenvalue weighted by Gasteiger charge is -2.01. The number of phenolic OH excluding ortho intramolecular Hbond substituents is 1. The average Bonchev–Trinajstić information content (AvgIpc) is 2.11. The Morgan fingerprint density at radius 3 is 2.79 bits per heavy atom. The third-order valence-corrected chi connectivity index (χ3v) is 1.64. The Balaban J connectivity index is 3.43. The van der Waals surface area contributed by atoms with Gasteiger partial charge in [-0.25, -0.2) is 4.39 Å². The van der Waals surface area contributed by atoms with E-state index in [1.54, 1.807) is 6.07 Å². The van der Waals surface area contributed by atoms with Crippen LogP contribution >= 0.6 is 0 Å². The van der Waals surface area contributed by atoms with E-state index in [-0.39, 0.29) is 0 Å². The standard InChI is InChI=1S/C8H5FN2O3/c9-6-1-2-7(12)8(11(13)14)5(6)3-4-10/h1-2,12H,3H2. The monoisotopic (exact) mass is 196 g/mol. The lowest BCUT2D eigenvalue weighted by molar-refractivity contribution is -0.386. The van der Waals surface area contributed by atoms with Gasteiger partial charge in [-0.2, -0.15) is 5.26 Å². The van der Waals surface area contributed by atoms with Crippen molar-refractivity contribution in [3.8, 4) is 11.8 Å². The summed E-state index contributed by atoms with van der Waals surface area (Å²) >= 11 is 0. The lowest BCUT2D eigenvalue weighted by Crippen LogP contribution is -1.98. The number of nitro benzene ring substituents is 1. The molecule has 0 spiro atoms. The van der Waals surface area contributed by atoms with Crippen LogP contribution in [0.4, 0.5) is 10.1 Å². The Hall–Kier alpha value is -2.16. The van der Waals surface area contributed by atoms with Crippen LogP contribution in [0, 0.1) is 27.3 Å². The summed E-state index contributed by atoms with van der Waals surface area (Å²) in [5, 5.41) is 27.9. The molecule has 0 unspecified atom stereocenters. The van der Waals surface area contributed by atoms with Gasteiger partial charge in [-0.15, -0.1) is 0 Å². The lowest BCUT2D eigenvalue weighted by atomic mass is 10.1. The molecule has 0 bridgehead atoms. The first-order chi connectivity index (χ1) is 6.57. The number of hydrogen-bond donors (Lipinski definition) is 1. The quantitative estimate of drug-likeness (QED) is 0.573. The smallest absolute Gasteiger partial charge is 0.317 e. The maximum absolute atomic E-state index is 13.0. The zero-order chi connectivity index (χ0) is 10.7. The molecule has 0 amide bonds. The molecule has 0 saturated heterocycles. The van der Waals surface area contributed by atoms with E-state index in [4.69, 9.17) is 10.4 Å². The third-order valence-electron chi connectivity index (χ3n) is 1.64. The SMILES string of the molecule is N#CCc1c(F)ccc(O)c1[N+](=O)[O-]. The van der Waals surface area contributed by atoms with Gasteiger partial charge < -0.3 is 5.11 Å². The van der Waals surface area contributed by atoms with Crippen molar-refractivity contribution in [2.24, 2.45) is 0 Å². The number of hydrogen-bond acceptors (Lipinski definition) is 4. The van der Waals surface area contributed by atoms with Crippen molar-refractivity contribution in [1.82, 2.24) is 0 Å². The molecule has 1 rings (SSSR count). The van der Waals surface area contributed by atoms with Crippen LogP contribution in [0.3, 0.4) is 0 Å². The predicted molar refractivity (Wildman–Crippen MR) is 44.0 cm³/mol. The van der Waals surface area contributed by atoms with E-state index < -0.39 is 34.2 Å². The molecule has 0 aliphatic rings. The minimum absolute atomic E-state index is 0.391. The molecule has 0 aliphatic carbocycles. The normalized spacial score (nSPS) is 9.43. The second-order valence-corrected chi connectivity index (χ2v) is 2.49. The van der Waals surface area contributed by atoms with Crippen LogP contribution in [-0.4, -0.2) is 10.0 Å². The van der Waals surface area contributed by atoms with Crippen LogP contribution in [0.5, 0.6) is 5.75 Å². The van der Waals surface area contributed by atoms with Crippen LogP contribution in [0.25, 0.3) is 0 Å². The van der Waals surface area contributed by atoms with E-state index in [1.807, 2.05) is 0 Å². The number of aromatic hydroxyl groups is 1. The van der Waals surface area contributed by atoms with Gasteiger partial charge in [0.15, 0.2) is 5.75 Å². The molecule has 1 aromatic rings. The van der Waals surface area contributed by atoms with Gasteiger partial charge in [-0.3, -0.25) is 10.1 Å². The second-order valence-electron chi connectivity index (χ2n) is 2.49. The number of rotatable bonds is 2. The molecule has 14 heavy (non-hydrogen) atoms. The molecular formula is C8H5FN2O3. The summed E-state index contributed by atoms with van der Waals surface area (Å²) in [5.74, 6) is -1.50. The van der Waals surface area contributed by atoms with Gasteiger partial charge in [-0.1, -0.05) is 0 Å². The topological polar surface area (TPSA) is 87.2 Å². The molecule has 0 heterocycles. The molecular weight excluding hydrogens is 191 g/mol. The summed E-state index contributed by atoms with van der Waals surface area (Å²) in [6.45, 7) is 0. The highest BCUT2D eigenvalue weighted by Crippen LogP contribution is 2.31. The first-order valence-electron chi connectivity index (χ1n) is 3.59. The minimum Gasteiger partial charge on any atom is -0.502 e. The molecule has 0 atom stereocenters. The van der Waals surface area contributed by atoms with Gasteiger partial charge in [0.1, 0.15) is 5.82 Å². The molecule has 1 aromatic carbocycles. The van der Waals surface area contributed by atoms with Crippen molar-refractivity contribution < 1.29 is 14.4 Å².